The summed E-state index contributed by atoms with van der Waals surface area (Å²) in [6.45, 7) is 1.92. The standard InChI is InChI=1S/C17H16F3NO2/c1-2-23-16(22)13-8-10-14(11-9-13)21-15(17(18,19)20)12-6-4-3-5-7-12/h3-11,15,21H,2H2,1H3/t15-/m0/s1. The molecule has 0 aliphatic carbocycles. The first-order valence-corrected chi connectivity index (χ1v) is 7.07. The van der Waals surface area contributed by atoms with Crippen molar-refractivity contribution in [1.82, 2.24) is 0 Å². The molecular formula is C17H16F3NO2. The Hall–Kier alpha value is -2.50. The van der Waals surface area contributed by atoms with Gasteiger partial charge in [0, 0.05) is 5.69 Å². The molecule has 0 spiro atoms. The molecule has 0 saturated heterocycles. The fourth-order valence-electron chi connectivity index (χ4n) is 2.08. The minimum Gasteiger partial charge on any atom is -0.462 e. The van der Waals surface area contributed by atoms with E-state index in [1.54, 1.807) is 25.1 Å². The number of halogens is 3. The maximum atomic E-state index is 13.3. The van der Waals surface area contributed by atoms with Gasteiger partial charge in [-0.1, -0.05) is 30.3 Å². The number of nitrogens with one attached hydrogen (secondary N) is 1. The summed E-state index contributed by atoms with van der Waals surface area (Å²) in [7, 11) is 0. The monoisotopic (exact) mass is 323 g/mol. The third-order valence-corrected chi connectivity index (χ3v) is 3.17. The highest BCUT2D eigenvalue weighted by Gasteiger charge is 2.40. The molecule has 122 valence electrons. The molecule has 0 radical (unpaired) electrons. The van der Waals surface area contributed by atoms with Crippen LogP contribution in [0.4, 0.5) is 18.9 Å². The van der Waals surface area contributed by atoms with Gasteiger partial charge in [-0.15, -0.1) is 0 Å². The molecular weight excluding hydrogens is 307 g/mol. The first-order chi connectivity index (χ1) is 10.9. The van der Waals surface area contributed by atoms with Crippen LogP contribution in [-0.4, -0.2) is 18.8 Å². The number of hydrogen-bond donors (Lipinski definition) is 1. The van der Waals surface area contributed by atoms with Crippen LogP contribution in [0, 0.1) is 0 Å². The molecule has 3 nitrogen and oxygen atoms in total. The Balaban J connectivity index is 2.19. The fraction of sp³-hybridized carbons (Fsp3) is 0.235. The smallest absolute Gasteiger partial charge is 0.412 e. The Kier molecular flexibility index (Phi) is 5.26. The van der Waals surface area contributed by atoms with Gasteiger partial charge in [0.05, 0.1) is 12.2 Å². The molecule has 0 saturated carbocycles. The van der Waals surface area contributed by atoms with E-state index in [-0.39, 0.29) is 17.9 Å². The molecule has 0 heterocycles. The number of esters is 1. The Morgan fingerprint density at radius 2 is 1.70 bits per heavy atom. The summed E-state index contributed by atoms with van der Waals surface area (Å²) in [6.07, 6.45) is -4.44. The molecule has 0 aromatic heterocycles. The maximum Gasteiger partial charge on any atom is 0.412 e. The number of carbonyl (C=O) groups excluding carboxylic acids is 1. The van der Waals surface area contributed by atoms with E-state index in [0.29, 0.717) is 5.56 Å². The predicted molar refractivity (Wildman–Crippen MR) is 81.3 cm³/mol. The summed E-state index contributed by atoms with van der Waals surface area (Å²) in [5, 5.41) is 2.46. The average Bonchev–Trinajstić information content (AvgIpc) is 2.53. The van der Waals surface area contributed by atoms with Gasteiger partial charge in [-0.25, -0.2) is 4.79 Å². The lowest BCUT2D eigenvalue weighted by atomic mass is 10.1. The fourth-order valence-corrected chi connectivity index (χ4v) is 2.08. The summed E-state index contributed by atoms with van der Waals surface area (Å²) in [5.41, 5.74) is 0.680. The summed E-state index contributed by atoms with van der Waals surface area (Å²) in [4.78, 5) is 11.5. The van der Waals surface area contributed by atoms with Crippen molar-refractivity contribution in [2.24, 2.45) is 0 Å². The van der Waals surface area contributed by atoms with Gasteiger partial charge < -0.3 is 10.1 Å². The van der Waals surface area contributed by atoms with Gasteiger partial charge in [-0.2, -0.15) is 13.2 Å². The molecule has 0 fully saturated rings. The van der Waals surface area contributed by atoms with E-state index in [1.807, 2.05) is 0 Å². The number of ether oxygens (including phenoxy) is 1. The van der Waals surface area contributed by atoms with Gasteiger partial charge in [-0.3, -0.25) is 0 Å². The number of rotatable bonds is 5. The molecule has 1 atom stereocenters. The molecule has 1 N–H and O–H groups in total. The summed E-state index contributed by atoms with van der Waals surface area (Å²) >= 11 is 0. The van der Waals surface area contributed by atoms with Crippen molar-refractivity contribution in [2.75, 3.05) is 11.9 Å². The van der Waals surface area contributed by atoms with E-state index in [9.17, 15) is 18.0 Å². The number of benzene rings is 2. The second-order valence-corrected chi connectivity index (χ2v) is 4.83. The van der Waals surface area contributed by atoms with E-state index in [2.05, 4.69) is 5.32 Å². The van der Waals surface area contributed by atoms with Gasteiger partial charge in [-0.05, 0) is 36.8 Å². The van der Waals surface area contributed by atoms with Crippen molar-refractivity contribution >= 4 is 11.7 Å². The molecule has 6 heteroatoms. The van der Waals surface area contributed by atoms with Crippen LogP contribution in [0.5, 0.6) is 0 Å². The van der Waals surface area contributed by atoms with Crippen LogP contribution in [0.1, 0.15) is 28.9 Å². The normalized spacial score (nSPS) is 12.5. The molecule has 2 aromatic carbocycles. The van der Waals surface area contributed by atoms with Crippen molar-refractivity contribution in [1.29, 1.82) is 0 Å². The average molecular weight is 323 g/mol. The summed E-state index contributed by atoms with van der Waals surface area (Å²) in [5.74, 6) is -0.505. The van der Waals surface area contributed by atoms with Gasteiger partial charge >= 0.3 is 12.1 Å². The van der Waals surface area contributed by atoms with Gasteiger partial charge in [0.1, 0.15) is 6.04 Å². The van der Waals surface area contributed by atoms with Crippen LogP contribution in [0.2, 0.25) is 0 Å². The van der Waals surface area contributed by atoms with Crippen LogP contribution >= 0.6 is 0 Å². The SMILES string of the molecule is CCOC(=O)c1ccc(N[C@@H](c2ccccc2)C(F)(F)F)cc1. The minimum absolute atomic E-state index is 0.120. The third kappa shape index (κ3) is 4.48. The number of carbonyl (C=O) groups is 1. The van der Waals surface area contributed by atoms with E-state index < -0.39 is 18.2 Å². The van der Waals surface area contributed by atoms with Gasteiger partial charge in [0.15, 0.2) is 0 Å². The summed E-state index contributed by atoms with van der Waals surface area (Å²) in [6, 6.07) is 11.5. The second kappa shape index (κ2) is 7.17. The first kappa shape index (κ1) is 16.9. The van der Waals surface area contributed by atoms with Crippen LogP contribution in [0.25, 0.3) is 0 Å². The highest BCUT2D eigenvalue weighted by molar-refractivity contribution is 5.89. The van der Waals surface area contributed by atoms with Gasteiger partial charge in [0.2, 0.25) is 0 Å². The Morgan fingerprint density at radius 3 is 2.22 bits per heavy atom. The van der Waals surface area contributed by atoms with Crippen molar-refractivity contribution in [3.8, 4) is 0 Å². The number of alkyl halides is 3. The van der Waals surface area contributed by atoms with Crippen LogP contribution in [0.15, 0.2) is 54.6 Å². The van der Waals surface area contributed by atoms with E-state index in [1.165, 1.54) is 36.4 Å². The molecule has 2 aromatic rings. The van der Waals surface area contributed by atoms with E-state index in [0.717, 1.165) is 0 Å². The molecule has 0 unspecified atom stereocenters. The number of anilines is 1. The van der Waals surface area contributed by atoms with E-state index >= 15 is 0 Å². The Labute approximate surface area is 132 Å². The highest BCUT2D eigenvalue weighted by atomic mass is 19.4. The molecule has 0 amide bonds. The lowest BCUT2D eigenvalue weighted by molar-refractivity contribution is -0.144. The van der Waals surface area contributed by atoms with Crippen LogP contribution in [0.3, 0.4) is 0 Å². The molecule has 23 heavy (non-hydrogen) atoms. The van der Waals surface area contributed by atoms with Gasteiger partial charge in [0.25, 0.3) is 0 Å². The van der Waals surface area contributed by atoms with Crippen LogP contribution < -0.4 is 5.32 Å². The quantitative estimate of drug-likeness (QED) is 0.819. The maximum absolute atomic E-state index is 13.3. The predicted octanol–water partition coefficient (Wildman–Crippen LogP) is 4.58. The Morgan fingerprint density at radius 1 is 1.09 bits per heavy atom. The zero-order valence-electron chi connectivity index (χ0n) is 12.4. The topological polar surface area (TPSA) is 38.3 Å². The molecule has 0 aliphatic heterocycles. The van der Waals surface area contributed by atoms with Crippen molar-refractivity contribution in [3.63, 3.8) is 0 Å². The molecule has 2 rings (SSSR count). The van der Waals surface area contributed by atoms with Crippen molar-refractivity contribution < 1.29 is 22.7 Å². The zero-order chi connectivity index (χ0) is 16.9. The third-order valence-electron chi connectivity index (χ3n) is 3.17. The largest absolute Gasteiger partial charge is 0.462 e. The Bertz CT molecular complexity index is 639. The number of hydrogen-bond acceptors (Lipinski definition) is 3. The molecule has 0 bridgehead atoms. The lowest BCUT2D eigenvalue weighted by Gasteiger charge is -2.23. The molecule has 0 aliphatic rings. The lowest BCUT2D eigenvalue weighted by Crippen LogP contribution is -2.27. The van der Waals surface area contributed by atoms with Crippen molar-refractivity contribution in [2.45, 2.75) is 19.1 Å². The van der Waals surface area contributed by atoms with E-state index in [4.69, 9.17) is 4.74 Å². The minimum atomic E-state index is -4.44. The zero-order valence-corrected chi connectivity index (χ0v) is 12.4. The summed E-state index contributed by atoms with van der Waals surface area (Å²) < 4.78 is 44.6. The van der Waals surface area contributed by atoms with Crippen molar-refractivity contribution in [3.05, 3.63) is 65.7 Å². The second-order valence-electron chi connectivity index (χ2n) is 4.83. The highest BCUT2D eigenvalue weighted by Crippen LogP contribution is 2.35. The first-order valence-electron chi connectivity index (χ1n) is 7.07. The van der Waals surface area contributed by atoms with Crippen LogP contribution in [-0.2, 0) is 4.74 Å².